The van der Waals surface area contributed by atoms with Gasteiger partial charge in [-0.2, -0.15) is 0 Å². The minimum absolute atomic E-state index is 0.233. The first-order valence-corrected chi connectivity index (χ1v) is 8.46. The van der Waals surface area contributed by atoms with Crippen LogP contribution >= 0.6 is 0 Å². The molecular weight excluding hydrogens is 302 g/mol. The van der Waals surface area contributed by atoms with E-state index < -0.39 is 16.0 Å². The molecule has 0 saturated heterocycles. The highest BCUT2D eigenvalue weighted by Gasteiger charge is 2.18. The highest BCUT2D eigenvalue weighted by molar-refractivity contribution is 7.92. The maximum atomic E-state index is 12.0. The van der Waals surface area contributed by atoms with Crippen LogP contribution in [0.4, 0.5) is 5.69 Å². The Balaban J connectivity index is 2.32. The molecule has 2 aromatic carbocycles. The summed E-state index contributed by atoms with van der Waals surface area (Å²) in [5, 5.41) is 0. The summed E-state index contributed by atoms with van der Waals surface area (Å²) >= 11 is 0. The van der Waals surface area contributed by atoms with Crippen molar-refractivity contribution in [3.63, 3.8) is 0 Å². The van der Waals surface area contributed by atoms with E-state index in [9.17, 15) is 13.2 Å². The van der Waals surface area contributed by atoms with Gasteiger partial charge >= 0.3 is 5.97 Å². The molecule has 0 heterocycles. The molecule has 2 rings (SSSR count). The number of nitrogens with zero attached hydrogens (tertiary/aromatic N) is 1. The van der Waals surface area contributed by atoms with E-state index in [0.29, 0.717) is 11.3 Å². The van der Waals surface area contributed by atoms with E-state index in [2.05, 4.69) is 4.74 Å². The number of ether oxygens (including phenoxy) is 1. The number of hydrogen-bond donors (Lipinski definition) is 0. The van der Waals surface area contributed by atoms with Crippen LogP contribution in [0, 0.1) is 0 Å². The average molecular weight is 319 g/mol. The maximum absolute atomic E-state index is 12.0. The number of hydrogen-bond acceptors (Lipinski definition) is 4. The second-order valence-corrected chi connectivity index (χ2v) is 6.70. The number of rotatable bonds is 5. The van der Waals surface area contributed by atoms with Crippen molar-refractivity contribution >= 4 is 21.7 Å². The van der Waals surface area contributed by atoms with E-state index in [4.69, 9.17) is 0 Å². The SMILES string of the molecule is COC(=O)c1ccc(N(Cc2ccccc2)S(C)(=O)=O)cc1. The standard InChI is InChI=1S/C16H17NO4S/c1-21-16(18)14-8-10-15(11-9-14)17(22(2,19)20)12-13-6-4-3-5-7-13/h3-11H,12H2,1-2H3. The van der Waals surface area contributed by atoms with Crippen LogP contribution in [0.1, 0.15) is 15.9 Å². The Kier molecular flexibility index (Phi) is 4.82. The topological polar surface area (TPSA) is 63.7 Å². The molecule has 0 unspecified atom stereocenters. The molecule has 0 aliphatic rings. The minimum Gasteiger partial charge on any atom is -0.465 e. The van der Waals surface area contributed by atoms with Crippen molar-refractivity contribution < 1.29 is 17.9 Å². The molecule has 0 aliphatic heterocycles. The average Bonchev–Trinajstić information content (AvgIpc) is 2.52. The van der Waals surface area contributed by atoms with Gasteiger partial charge in [0.05, 0.1) is 31.2 Å². The molecule has 0 saturated carbocycles. The Labute approximate surface area is 130 Å². The van der Waals surface area contributed by atoms with E-state index >= 15 is 0 Å². The van der Waals surface area contributed by atoms with Crippen molar-refractivity contribution in [2.75, 3.05) is 17.7 Å². The lowest BCUT2D eigenvalue weighted by Gasteiger charge is -2.22. The zero-order valence-corrected chi connectivity index (χ0v) is 13.2. The Morgan fingerprint density at radius 3 is 2.14 bits per heavy atom. The highest BCUT2D eigenvalue weighted by Crippen LogP contribution is 2.21. The highest BCUT2D eigenvalue weighted by atomic mass is 32.2. The summed E-state index contributed by atoms with van der Waals surface area (Å²) in [7, 11) is -2.14. The van der Waals surface area contributed by atoms with Crippen LogP contribution in [0.5, 0.6) is 0 Å². The Hall–Kier alpha value is -2.34. The van der Waals surface area contributed by atoms with Crippen LogP contribution in [-0.2, 0) is 21.3 Å². The van der Waals surface area contributed by atoms with E-state index in [1.165, 1.54) is 11.4 Å². The van der Waals surface area contributed by atoms with Crippen LogP contribution < -0.4 is 4.31 Å². The predicted molar refractivity (Wildman–Crippen MR) is 85.3 cm³/mol. The monoisotopic (exact) mass is 319 g/mol. The number of methoxy groups -OCH3 is 1. The number of anilines is 1. The summed E-state index contributed by atoms with van der Waals surface area (Å²) in [6.45, 7) is 0.233. The Morgan fingerprint density at radius 1 is 1.05 bits per heavy atom. The van der Waals surface area contributed by atoms with E-state index in [0.717, 1.165) is 11.8 Å². The van der Waals surface area contributed by atoms with Gasteiger partial charge in [0.1, 0.15) is 0 Å². The number of sulfonamides is 1. The van der Waals surface area contributed by atoms with Gasteiger partial charge in [-0.3, -0.25) is 4.31 Å². The van der Waals surface area contributed by atoms with Crippen molar-refractivity contribution in [1.29, 1.82) is 0 Å². The molecule has 116 valence electrons. The summed E-state index contributed by atoms with van der Waals surface area (Å²) < 4.78 is 30.0. The van der Waals surface area contributed by atoms with Crippen LogP contribution in [0.2, 0.25) is 0 Å². The first-order chi connectivity index (χ1) is 10.4. The fraction of sp³-hybridized carbons (Fsp3) is 0.188. The van der Waals surface area contributed by atoms with Crippen LogP contribution in [0.25, 0.3) is 0 Å². The van der Waals surface area contributed by atoms with Crippen LogP contribution in [0.3, 0.4) is 0 Å². The zero-order valence-electron chi connectivity index (χ0n) is 12.4. The molecule has 0 spiro atoms. The van der Waals surface area contributed by atoms with Crippen LogP contribution in [-0.4, -0.2) is 27.8 Å². The molecule has 2 aromatic rings. The predicted octanol–water partition coefficient (Wildman–Crippen LogP) is 2.44. The molecule has 22 heavy (non-hydrogen) atoms. The molecule has 0 radical (unpaired) electrons. The second-order valence-electron chi connectivity index (χ2n) is 4.79. The van der Waals surface area contributed by atoms with Gasteiger partial charge in [0, 0.05) is 0 Å². The molecule has 0 bridgehead atoms. The van der Waals surface area contributed by atoms with Crippen molar-refractivity contribution in [1.82, 2.24) is 0 Å². The maximum Gasteiger partial charge on any atom is 0.337 e. The quantitative estimate of drug-likeness (QED) is 0.794. The van der Waals surface area contributed by atoms with Crippen molar-refractivity contribution in [2.45, 2.75) is 6.54 Å². The molecule has 0 fully saturated rings. The summed E-state index contributed by atoms with van der Waals surface area (Å²) in [6, 6.07) is 15.6. The van der Waals surface area contributed by atoms with E-state index in [1.807, 2.05) is 30.3 Å². The van der Waals surface area contributed by atoms with Gasteiger partial charge in [0.15, 0.2) is 0 Å². The third kappa shape index (κ3) is 3.85. The number of carbonyl (C=O) groups excluding carboxylic acids is 1. The summed E-state index contributed by atoms with van der Waals surface area (Å²) in [5.74, 6) is -0.458. The van der Waals surface area contributed by atoms with Gasteiger partial charge in [0.2, 0.25) is 10.0 Å². The van der Waals surface area contributed by atoms with Gasteiger partial charge in [-0.25, -0.2) is 13.2 Å². The first-order valence-electron chi connectivity index (χ1n) is 6.62. The molecule has 6 heteroatoms. The Bertz CT molecular complexity index is 739. The van der Waals surface area contributed by atoms with E-state index in [1.54, 1.807) is 24.3 Å². The smallest absolute Gasteiger partial charge is 0.337 e. The second kappa shape index (κ2) is 6.62. The van der Waals surface area contributed by atoms with Crippen molar-refractivity contribution in [3.05, 3.63) is 65.7 Å². The third-order valence-electron chi connectivity index (χ3n) is 3.15. The number of benzene rings is 2. The lowest BCUT2D eigenvalue weighted by molar-refractivity contribution is 0.0601. The van der Waals surface area contributed by atoms with Crippen molar-refractivity contribution in [3.8, 4) is 0 Å². The van der Waals surface area contributed by atoms with Crippen molar-refractivity contribution in [2.24, 2.45) is 0 Å². The molecule has 0 amide bonds. The van der Waals surface area contributed by atoms with E-state index in [-0.39, 0.29) is 6.54 Å². The molecule has 5 nitrogen and oxygen atoms in total. The minimum atomic E-state index is -3.44. The van der Waals surface area contributed by atoms with Gasteiger partial charge in [0.25, 0.3) is 0 Å². The summed E-state index contributed by atoms with van der Waals surface area (Å²) in [6.07, 6.45) is 1.16. The van der Waals surface area contributed by atoms with Gasteiger partial charge < -0.3 is 4.74 Å². The molecule has 0 N–H and O–H groups in total. The molecule has 0 aliphatic carbocycles. The third-order valence-corrected chi connectivity index (χ3v) is 4.29. The molecule has 0 aromatic heterocycles. The number of esters is 1. The largest absolute Gasteiger partial charge is 0.465 e. The fourth-order valence-electron chi connectivity index (χ4n) is 2.03. The molecule has 0 atom stereocenters. The van der Waals surface area contributed by atoms with Gasteiger partial charge in [-0.05, 0) is 29.8 Å². The van der Waals surface area contributed by atoms with Gasteiger partial charge in [-0.15, -0.1) is 0 Å². The normalized spacial score (nSPS) is 11.0. The lowest BCUT2D eigenvalue weighted by atomic mass is 10.2. The van der Waals surface area contributed by atoms with Crippen LogP contribution in [0.15, 0.2) is 54.6 Å². The lowest BCUT2D eigenvalue weighted by Crippen LogP contribution is -2.29. The summed E-state index contributed by atoms with van der Waals surface area (Å²) in [4.78, 5) is 11.4. The van der Waals surface area contributed by atoms with Gasteiger partial charge in [-0.1, -0.05) is 30.3 Å². The summed E-state index contributed by atoms with van der Waals surface area (Å²) in [5.41, 5.74) is 1.75. The number of carbonyl (C=O) groups is 1. The molecular formula is C16H17NO4S. The fourth-order valence-corrected chi connectivity index (χ4v) is 2.92. The Morgan fingerprint density at radius 2 is 1.64 bits per heavy atom. The first kappa shape index (κ1) is 16.0. The zero-order chi connectivity index (χ0) is 16.2.